The molecule has 0 bridgehead atoms. The highest BCUT2D eigenvalue weighted by atomic mass is 16.5. The van der Waals surface area contributed by atoms with Gasteiger partial charge in [0, 0.05) is 30.4 Å². The number of carbonyl (C=O) groups is 3. The number of esters is 3. The van der Waals surface area contributed by atoms with Gasteiger partial charge >= 0.3 is 17.9 Å². The van der Waals surface area contributed by atoms with Crippen molar-refractivity contribution in [2.24, 2.45) is 0 Å². The highest BCUT2D eigenvalue weighted by Gasteiger charge is 2.21. The third-order valence-corrected chi connectivity index (χ3v) is 3.66. The molecule has 1 aromatic carbocycles. The van der Waals surface area contributed by atoms with Crippen LogP contribution in [0.1, 0.15) is 36.8 Å². The van der Waals surface area contributed by atoms with Gasteiger partial charge in [-0.3, -0.25) is 9.59 Å². The molecule has 0 amide bonds. The maximum atomic E-state index is 12.4. The molecule has 1 heterocycles. The van der Waals surface area contributed by atoms with E-state index in [0.717, 1.165) is 5.52 Å². The Balaban J connectivity index is 2.52. The maximum Gasteiger partial charge on any atom is 0.340 e. The van der Waals surface area contributed by atoms with Crippen LogP contribution in [0.3, 0.4) is 0 Å². The summed E-state index contributed by atoms with van der Waals surface area (Å²) in [6, 6.07) is 5.05. The van der Waals surface area contributed by atoms with E-state index in [1.807, 2.05) is 4.57 Å². The molecule has 2 aromatic rings. The number of hydrogen-bond donors (Lipinski definition) is 0. The fourth-order valence-electron chi connectivity index (χ4n) is 2.72. The first-order valence-electron chi connectivity index (χ1n) is 7.96. The van der Waals surface area contributed by atoms with E-state index in [0.29, 0.717) is 28.9 Å². The fourth-order valence-corrected chi connectivity index (χ4v) is 2.72. The quantitative estimate of drug-likeness (QED) is 0.590. The molecule has 7 heteroatoms. The van der Waals surface area contributed by atoms with Gasteiger partial charge in [0.1, 0.15) is 12.4 Å². The van der Waals surface area contributed by atoms with Crippen LogP contribution in [0.4, 0.5) is 0 Å². The predicted octanol–water partition coefficient (Wildman–Crippen LogP) is 2.61. The number of fused-ring (bicyclic) bond motifs is 1. The molecule has 0 N–H and O–H groups in total. The summed E-state index contributed by atoms with van der Waals surface area (Å²) < 4.78 is 17.1. The number of ether oxygens (including phenoxy) is 3. The van der Waals surface area contributed by atoms with Crippen molar-refractivity contribution < 1.29 is 28.6 Å². The number of aromatic nitrogens is 1. The zero-order valence-corrected chi connectivity index (χ0v) is 14.8. The molecular formula is C18H21NO6. The minimum Gasteiger partial charge on any atom is -0.464 e. The number of carbonyl (C=O) groups excluding carboxylic acids is 3. The number of nitrogens with zero attached hydrogens (tertiary/aromatic N) is 1. The minimum atomic E-state index is -0.448. The summed E-state index contributed by atoms with van der Waals surface area (Å²) in [4.78, 5) is 34.5. The van der Waals surface area contributed by atoms with E-state index in [4.69, 9.17) is 14.2 Å². The standard InChI is InChI=1S/C18H21NO6/c1-5-23-18(22)17-11(2)19(8-9-24-12(3)20)16-7-6-14(10-15(16)17)25-13(4)21/h6-7,10H,5,8-9H2,1-4H3. The zero-order chi connectivity index (χ0) is 18.6. The monoisotopic (exact) mass is 347 g/mol. The molecule has 1 aromatic heterocycles. The summed E-state index contributed by atoms with van der Waals surface area (Å²) in [6.07, 6.45) is 0. The van der Waals surface area contributed by atoms with Crippen molar-refractivity contribution in [2.75, 3.05) is 13.2 Å². The SMILES string of the molecule is CCOC(=O)c1c(C)n(CCOC(C)=O)c2ccc(OC(C)=O)cc12. The van der Waals surface area contributed by atoms with E-state index in [1.54, 1.807) is 32.0 Å². The molecular weight excluding hydrogens is 326 g/mol. The summed E-state index contributed by atoms with van der Waals surface area (Å²) in [7, 11) is 0. The lowest BCUT2D eigenvalue weighted by atomic mass is 10.1. The molecule has 0 fully saturated rings. The lowest BCUT2D eigenvalue weighted by molar-refractivity contribution is -0.141. The highest BCUT2D eigenvalue weighted by Crippen LogP contribution is 2.30. The van der Waals surface area contributed by atoms with Crippen LogP contribution < -0.4 is 4.74 Å². The first-order chi connectivity index (χ1) is 11.8. The lowest BCUT2D eigenvalue weighted by Crippen LogP contribution is -2.11. The molecule has 0 atom stereocenters. The van der Waals surface area contributed by atoms with Gasteiger partial charge in [0.05, 0.1) is 18.7 Å². The van der Waals surface area contributed by atoms with Gasteiger partial charge < -0.3 is 18.8 Å². The van der Waals surface area contributed by atoms with Gasteiger partial charge in [-0.1, -0.05) is 0 Å². The topological polar surface area (TPSA) is 83.8 Å². The van der Waals surface area contributed by atoms with Crippen LogP contribution in [0.2, 0.25) is 0 Å². The fraction of sp³-hybridized carbons (Fsp3) is 0.389. The molecule has 0 unspecified atom stereocenters. The average molecular weight is 347 g/mol. The maximum absolute atomic E-state index is 12.4. The van der Waals surface area contributed by atoms with Crippen molar-refractivity contribution >= 4 is 28.8 Å². The van der Waals surface area contributed by atoms with E-state index in [1.165, 1.54) is 13.8 Å². The molecule has 0 radical (unpaired) electrons. The van der Waals surface area contributed by atoms with Crippen molar-refractivity contribution in [3.63, 3.8) is 0 Å². The third-order valence-electron chi connectivity index (χ3n) is 3.66. The molecule has 7 nitrogen and oxygen atoms in total. The molecule has 2 rings (SSSR count). The Bertz CT molecular complexity index is 821. The second kappa shape index (κ2) is 7.83. The van der Waals surface area contributed by atoms with Crippen LogP contribution in [-0.4, -0.2) is 35.7 Å². The molecule has 0 aliphatic rings. The zero-order valence-electron chi connectivity index (χ0n) is 14.8. The Morgan fingerprint density at radius 1 is 1.08 bits per heavy atom. The lowest BCUT2D eigenvalue weighted by Gasteiger charge is -2.09. The van der Waals surface area contributed by atoms with Crippen LogP contribution in [0.15, 0.2) is 18.2 Å². The largest absolute Gasteiger partial charge is 0.464 e. The Kier molecular flexibility index (Phi) is 5.80. The Hall–Kier alpha value is -2.83. The number of benzene rings is 1. The van der Waals surface area contributed by atoms with Crippen molar-refractivity contribution in [1.82, 2.24) is 4.57 Å². The minimum absolute atomic E-state index is 0.188. The summed E-state index contributed by atoms with van der Waals surface area (Å²) in [6.45, 7) is 7.02. The van der Waals surface area contributed by atoms with Gasteiger partial charge in [0.2, 0.25) is 0 Å². The van der Waals surface area contributed by atoms with Crippen molar-refractivity contribution in [1.29, 1.82) is 0 Å². The van der Waals surface area contributed by atoms with Gasteiger partial charge in [-0.25, -0.2) is 4.79 Å². The Morgan fingerprint density at radius 2 is 1.80 bits per heavy atom. The molecule has 0 aliphatic carbocycles. The van der Waals surface area contributed by atoms with Crippen LogP contribution >= 0.6 is 0 Å². The second-order valence-corrected chi connectivity index (χ2v) is 5.45. The Morgan fingerprint density at radius 3 is 2.40 bits per heavy atom. The summed E-state index contributed by atoms with van der Waals surface area (Å²) in [5, 5.41) is 0.623. The summed E-state index contributed by atoms with van der Waals surface area (Å²) >= 11 is 0. The third kappa shape index (κ3) is 4.17. The van der Waals surface area contributed by atoms with Gasteiger partial charge in [-0.15, -0.1) is 0 Å². The molecule has 0 saturated heterocycles. The van der Waals surface area contributed by atoms with Gasteiger partial charge in [-0.2, -0.15) is 0 Å². The molecule has 25 heavy (non-hydrogen) atoms. The van der Waals surface area contributed by atoms with E-state index in [-0.39, 0.29) is 19.2 Å². The van der Waals surface area contributed by atoms with Gasteiger partial charge in [0.15, 0.2) is 0 Å². The van der Waals surface area contributed by atoms with Crippen molar-refractivity contribution in [3.8, 4) is 5.75 Å². The highest BCUT2D eigenvalue weighted by molar-refractivity contribution is 6.06. The molecule has 134 valence electrons. The van der Waals surface area contributed by atoms with Gasteiger partial charge in [-0.05, 0) is 32.0 Å². The first kappa shape index (κ1) is 18.5. The van der Waals surface area contributed by atoms with Crippen LogP contribution in [0.25, 0.3) is 10.9 Å². The second-order valence-electron chi connectivity index (χ2n) is 5.45. The molecule has 0 aliphatic heterocycles. The molecule has 0 saturated carbocycles. The summed E-state index contributed by atoms with van der Waals surface area (Å²) in [5.74, 6) is -0.904. The summed E-state index contributed by atoms with van der Waals surface area (Å²) in [5.41, 5.74) is 1.87. The number of rotatable bonds is 6. The van der Waals surface area contributed by atoms with Gasteiger partial charge in [0.25, 0.3) is 0 Å². The van der Waals surface area contributed by atoms with Crippen LogP contribution in [0.5, 0.6) is 5.75 Å². The number of hydrogen-bond acceptors (Lipinski definition) is 6. The van der Waals surface area contributed by atoms with Crippen LogP contribution in [-0.2, 0) is 25.6 Å². The average Bonchev–Trinajstić information content (AvgIpc) is 2.78. The van der Waals surface area contributed by atoms with E-state index < -0.39 is 11.9 Å². The van der Waals surface area contributed by atoms with Crippen molar-refractivity contribution in [2.45, 2.75) is 34.2 Å². The van der Waals surface area contributed by atoms with E-state index in [2.05, 4.69) is 0 Å². The van der Waals surface area contributed by atoms with Crippen LogP contribution in [0, 0.1) is 6.92 Å². The smallest absolute Gasteiger partial charge is 0.340 e. The normalized spacial score (nSPS) is 10.6. The predicted molar refractivity (Wildman–Crippen MR) is 90.6 cm³/mol. The van der Waals surface area contributed by atoms with E-state index >= 15 is 0 Å². The Labute approximate surface area is 145 Å². The van der Waals surface area contributed by atoms with E-state index in [9.17, 15) is 14.4 Å². The van der Waals surface area contributed by atoms with Crippen molar-refractivity contribution in [3.05, 3.63) is 29.5 Å². The first-order valence-corrected chi connectivity index (χ1v) is 7.96. The molecule has 0 spiro atoms.